The molecule has 0 saturated carbocycles. The van der Waals surface area contributed by atoms with Gasteiger partial charge in [-0.1, -0.05) is 13.0 Å². The predicted molar refractivity (Wildman–Crippen MR) is 59.9 cm³/mol. The third kappa shape index (κ3) is 1.20. The van der Waals surface area contributed by atoms with Gasteiger partial charge in [0, 0.05) is 18.5 Å². The second-order valence-corrected chi connectivity index (χ2v) is 4.95. The van der Waals surface area contributed by atoms with E-state index in [2.05, 4.69) is 13.0 Å². The highest BCUT2D eigenvalue weighted by Gasteiger charge is 2.29. The number of halogens is 1. The van der Waals surface area contributed by atoms with Crippen LogP contribution in [0.2, 0.25) is 0 Å². The Morgan fingerprint density at radius 1 is 1.33 bits per heavy atom. The van der Waals surface area contributed by atoms with Gasteiger partial charge in [0.05, 0.1) is 0 Å². The lowest BCUT2D eigenvalue weighted by Gasteiger charge is -2.13. The van der Waals surface area contributed by atoms with E-state index < -0.39 is 6.17 Å². The first-order chi connectivity index (χ1) is 7.16. The molecule has 1 aromatic carbocycles. The van der Waals surface area contributed by atoms with Gasteiger partial charge in [-0.25, -0.2) is 4.39 Å². The van der Waals surface area contributed by atoms with Crippen LogP contribution < -0.4 is 5.73 Å². The zero-order chi connectivity index (χ0) is 10.6. The molecule has 0 fully saturated rings. The Kier molecular flexibility index (Phi) is 1.82. The number of aryl methyl sites for hydroxylation is 1. The molecule has 80 valence electrons. The van der Waals surface area contributed by atoms with Crippen molar-refractivity contribution in [2.24, 2.45) is 0 Å². The summed E-state index contributed by atoms with van der Waals surface area (Å²) >= 11 is 0. The molecule has 0 radical (unpaired) electrons. The fourth-order valence-corrected chi connectivity index (χ4v) is 3.14. The minimum Gasteiger partial charge on any atom is -0.398 e. The van der Waals surface area contributed by atoms with E-state index in [4.69, 9.17) is 5.73 Å². The summed E-state index contributed by atoms with van der Waals surface area (Å²) in [4.78, 5) is 0. The van der Waals surface area contributed by atoms with Crippen molar-refractivity contribution in [2.45, 2.75) is 44.7 Å². The van der Waals surface area contributed by atoms with Gasteiger partial charge in [-0.3, -0.25) is 0 Å². The molecule has 1 nitrogen and oxygen atoms in total. The van der Waals surface area contributed by atoms with Crippen LogP contribution in [-0.4, -0.2) is 6.17 Å². The van der Waals surface area contributed by atoms with Crippen molar-refractivity contribution in [3.8, 4) is 0 Å². The standard InChI is InChI=1S/C13H16FN/c1-7-2-3-8-4-9-5-10(14)6-11(9)13(15)12(7)8/h4,7,10H,2-3,5-6,15H2,1H3/t7-,10+/m1/s1. The summed E-state index contributed by atoms with van der Waals surface area (Å²) in [6, 6.07) is 2.20. The predicted octanol–water partition coefficient (Wildman–Crippen LogP) is 2.76. The number of nitrogen functional groups attached to an aromatic ring is 1. The molecule has 0 aliphatic heterocycles. The van der Waals surface area contributed by atoms with Crippen LogP contribution in [0.25, 0.3) is 0 Å². The molecule has 0 aromatic heterocycles. The maximum atomic E-state index is 13.3. The molecular formula is C13H16FN. The van der Waals surface area contributed by atoms with Crippen molar-refractivity contribution < 1.29 is 4.39 Å². The molecule has 3 rings (SSSR count). The minimum absolute atomic E-state index is 0.529. The van der Waals surface area contributed by atoms with Crippen molar-refractivity contribution in [1.82, 2.24) is 0 Å². The number of nitrogens with two attached hydrogens (primary N) is 1. The van der Waals surface area contributed by atoms with E-state index >= 15 is 0 Å². The molecule has 2 atom stereocenters. The Hall–Kier alpha value is -1.05. The zero-order valence-corrected chi connectivity index (χ0v) is 9.02. The SMILES string of the molecule is C[C@@H]1CCc2cc3c(c(N)c21)C[C@@H](F)C3. The summed E-state index contributed by atoms with van der Waals surface area (Å²) in [7, 11) is 0. The summed E-state index contributed by atoms with van der Waals surface area (Å²) in [5.74, 6) is 0.559. The second-order valence-electron chi connectivity index (χ2n) is 4.95. The average molecular weight is 205 g/mol. The first-order valence-electron chi connectivity index (χ1n) is 5.74. The molecule has 0 amide bonds. The number of anilines is 1. The van der Waals surface area contributed by atoms with E-state index in [0.29, 0.717) is 18.8 Å². The van der Waals surface area contributed by atoms with Gasteiger partial charge < -0.3 is 5.73 Å². The maximum Gasteiger partial charge on any atom is 0.108 e. The molecule has 0 bridgehead atoms. The Labute approximate surface area is 89.5 Å². The summed E-state index contributed by atoms with van der Waals surface area (Å²) in [6.07, 6.45) is 2.70. The molecule has 1 aromatic rings. The summed E-state index contributed by atoms with van der Waals surface area (Å²) in [5.41, 5.74) is 12.0. The Balaban J connectivity index is 2.19. The Morgan fingerprint density at radius 3 is 2.93 bits per heavy atom. The van der Waals surface area contributed by atoms with Crippen LogP contribution >= 0.6 is 0 Å². The molecular weight excluding hydrogens is 189 g/mol. The summed E-state index contributed by atoms with van der Waals surface area (Å²) in [6.45, 7) is 2.22. The smallest absolute Gasteiger partial charge is 0.108 e. The van der Waals surface area contributed by atoms with Gasteiger partial charge in [0.1, 0.15) is 6.17 Å². The molecule has 0 heterocycles. The van der Waals surface area contributed by atoms with Gasteiger partial charge in [-0.15, -0.1) is 0 Å². The zero-order valence-electron chi connectivity index (χ0n) is 9.02. The molecule has 2 N–H and O–H groups in total. The van der Waals surface area contributed by atoms with Crippen LogP contribution in [0, 0.1) is 0 Å². The largest absolute Gasteiger partial charge is 0.398 e. The van der Waals surface area contributed by atoms with Crippen molar-refractivity contribution >= 4 is 5.69 Å². The van der Waals surface area contributed by atoms with E-state index in [0.717, 1.165) is 23.2 Å². The molecule has 2 aliphatic carbocycles. The van der Waals surface area contributed by atoms with Crippen LogP contribution in [0.1, 0.15) is 41.5 Å². The second kappa shape index (κ2) is 2.97. The third-order valence-corrected chi connectivity index (χ3v) is 3.90. The topological polar surface area (TPSA) is 26.0 Å². The summed E-state index contributed by atoms with van der Waals surface area (Å²) in [5, 5.41) is 0. The lowest BCUT2D eigenvalue weighted by atomic mass is 9.95. The lowest BCUT2D eigenvalue weighted by Crippen LogP contribution is -2.02. The average Bonchev–Trinajstić information content (AvgIpc) is 2.71. The van der Waals surface area contributed by atoms with Gasteiger partial charge >= 0.3 is 0 Å². The van der Waals surface area contributed by atoms with E-state index in [1.807, 2.05) is 0 Å². The first kappa shape index (κ1) is 9.20. The summed E-state index contributed by atoms with van der Waals surface area (Å²) < 4.78 is 13.3. The first-order valence-corrected chi connectivity index (χ1v) is 5.74. The van der Waals surface area contributed by atoms with E-state index in [9.17, 15) is 4.39 Å². The van der Waals surface area contributed by atoms with Crippen molar-refractivity contribution in [2.75, 3.05) is 5.73 Å². The van der Waals surface area contributed by atoms with Gasteiger partial charge in [0.25, 0.3) is 0 Å². The molecule has 2 heteroatoms. The van der Waals surface area contributed by atoms with Crippen LogP contribution in [0.5, 0.6) is 0 Å². The van der Waals surface area contributed by atoms with Gasteiger partial charge in [0.15, 0.2) is 0 Å². The van der Waals surface area contributed by atoms with Crippen LogP contribution in [0.3, 0.4) is 0 Å². The number of hydrogen-bond donors (Lipinski definition) is 1. The molecule has 0 unspecified atom stereocenters. The highest BCUT2D eigenvalue weighted by atomic mass is 19.1. The van der Waals surface area contributed by atoms with Crippen molar-refractivity contribution in [3.63, 3.8) is 0 Å². The Bertz CT molecular complexity index is 425. The van der Waals surface area contributed by atoms with Crippen LogP contribution in [-0.2, 0) is 19.3 Å². The number of hydrogen-bond acceptors (Lipinski definition) is 1. The quantitative estimate of drug-likeness (QED) is 0.647. The fraction of sp³-hybridized carbons (Fsp3) is 0.538. The van der Waals surface area contributed by atoms with E-state index in [1.165, 1.54) is 17.5 Å². The van der Waals surface area contributed by atoms with Crippen molar-refractivity contribution in [3.05, 3.63) is 28.3 Å². The minimum atomic E-state index is -0.708. The molecule has 15 heavy (non-hydrogen) atoms. The van der Waals surface area contributed by atoms with Crippen molar-refractivity contribution in [1.29, 1.82) is 0 Å². The number of benzene rings is 1. The van der Waals surface area contributed by atoms with Gasteiger partial charge in [0.2, 0.25) is 0 Å². The number of fused-ring (bicyclic) bond motifs is 2. The highest BCUT2D eigenvalue weighted by Crippen LogP contribution is 2.42. The molecule has 2 aliphatic rings. The number of alkyl halides is 1. The van der Waals surface area contributed by atoms with Crippen LogP contribution in [0.4, 0.5) is 10.1 Å². The third-order valence-electron chi connectivity index (χ3n) is 3.90. The van der Waals surface area contributed by atoms with E-state index in [1.54, 1.807) is 0 Å². The fourth-order valence-electron chi connectivity index (χ4n) is 3.14. The maximum absolute atomic E-state index is 13.3. The number of rotatable bonds is 0. The monoisotopic (exact) mass is 205 g/mol. The molecule has 0 saturated heterocycles. The van der Waals surface area contributed by atoms with Gasteiger partial charge in [-0.2, -0.15) is 0 Å². The molecule has 0 spiro atoms. The normalized spacial score (nSPS) is 27.9. The lowest BCUT2D eigenvalue weighted by molar-refractivity contribution is 0.349. The Morgan fingerprint density at radius 2 is 2.13 bits per heavy atom. The van der Waals surface area contributed by atoms with E-state index in [-0.39, 0.29) is 0 Å². The van der Waals surface area contributed by atoms with Crippen LogP contribution in [0.15, 0.2) is 6.07 Å². The highest BCUT2D eigenvalue weighted by molar-refractivity contribution is 5.64. The van der Waals surface area contributed by atoms with Gasteiger partial charge in [-0.05, 0) is 41.0 Å².